The van der Waals surface area contributed by atoms with Gasteiger partial charge < -0.3 is 21.1 Å². The molecule has 2 amide bonds. The molecule has 11 heteroatoms. The molecule has 0 saturated carbocycles. The van der Waals surface area contributed by atoms with Crippen molar-refractivity contribution in [3.63, 3.8) is 0 Å². The Morgan fingerprint density at radius 1 is 1.06 bits per heavy atom. The summed E-state index contributed by atoms with van der Waals surface area (Å²) in [6.45, 7) is 1.95. The van der Waals surface area contributed by atoms with Crippen molar-refractivity contribution in [2.24, 2.45) is 0 Å². The second kappa shape index (κ2) is 9.35. The van der Waals surface area contributed by atoms with E-state index in [0.717, 1.165) is 0 Å². The number of nitrogen functional groups attached to an aromatic ring is 1. The van der Waals surface area contributed by atoms with Crippen LogP contribution in [0.2, 0.25) is 10.0 Å². The number of nitrogens with zero attached hydrogens (tertiary/aromatic N) is 3. The molecule has 0 saturated heterocycles. The molecular formula is C22H18Cl2N6O3. The van der Waals surface area contributed by atoms with Gasteiger partial charge in [-0.2, -0.15) is 5.10 Å². The zero-order valence-corrected chi connectivity index (χ0v) is 18.8. The molecule has 0 unspecified atom stereocenters. The van der Waals surface area contributed by atoms with Crippen LogP contribution in [0, 0.1) is 0 Å². The average Bonchev–Trinajstić information content (AvgIpc) is 3.18. The molecule has 4 aromatic rings. The molecule has 0 aliphatic heterocycles. The molecule has 0 fully saturated rings. The van der Waals surface area contributed by atoms with Crippen LogP contribution in [0.15, 0.2) is 55.0 Å². The lowest BCUT2D eigenvalue weighted by molar-refractivity contribution is 0.0527. The molecule has 33 heavy (non-hydrogen) atoms. The summed E-state index contributed by atoms with van der Waals surface area (Å²) in [5.74, 6) is -0.278. The number of nitrogens with one attached hydrogen (secondary N) is 2. The van der Waals surface area contributed by atoms with E-state index in [2.05, 4.69) is 20.7 Å². The van der Waals surface area contributed by atoms with Gasteiger partial charge in [-0.15, -0.1) is 0 Å². The first-order chi connectivity index (χ1) is 15.9. The molecule has 2 aromatic heterocycles. The van der Waals surface area contributed by atoms with Crippen molar-refractivity contribution in [1.82, 2.24) is 14.6 Å². The number of benzene rings is 2. The van der Waals surface area contributed by atoms with Gasteiger partial charge in [0.25, 0.3) is 0 Å². The quantitative estimate of drug-likeness (QED) is 0.338. The Bertz CT molecular complexity index is 1350. The summed E-state index contributed by atoms with van der Waals surface area (Å²) in [5, 5.41) is 10.3. The minimum Gasteiger partial charge on any atom is -0.462 e. The van der Waals surface area contributed by atoms with Crippen LogP contribution in [0.5, 0.6) is 0 Å². The molecule has 2 aromatic carbocycles. The molecule has 0 spiro atoms. The molecule has 4 rings (SSSR count). The molecule has 4 N–H and O–H groups in total. The predicted octanol–water partition coefficient (Wildman–Crippen LogP) is 5.11. The summed E-state index contributed by atoms with van der Waals surface area (Å²) in [6, 6.07) is 11.2. The predicted molar refractivity (Wildman–Crippen MR) is 128 cm³/mol. The monoisotopic (exact) mass is 484 g/mol. The number of fused-ring (bicyclic) bond motifs is 1. The third-order valence-electron chi connectivity index (χ3n) is 4.71. The lowest BCUT2D eigenvalue weighted by Crippen LogP contribution is -2.19. The first kappa shape index (κ1) is 22.4. The molecule has 0 atom stereocenters. The number of anilines is 3. The number of carbonyl (C=O) groups excluding carboxylic acids is 2. The van der Waals surface area contributed by atoms with Gasteiger partial charge in [-0.1, -0.05) is 35.3 Å². The van der Waals surface area contributed by atoms with Gasteiger partial charge in [-0.3, -0.25) is 0 Å². The van der Waals surface area contributed by atoms with Crippen LogP contribution in [0.1, 0.15) is 17.3 Å². The van der Waals surface area contributed by atoms with Crippen LogP contribution in [-0.2, 0) is 4.74 Å². The highest BCUT2D eigenvalue weighted by atomic mass is 35.5. The van der Waals surface area contributed by atoms with Crippen LogP contribution in [-0.4, -0.2) is 33.2 Å². The smallest absolute Gasteiger partial charge is 0.340 e. The van der Waals surface area contributed by atoms with E-state index in [-0.39, 0.29) is 12.4 Å². The maximum atomic E-state index is 12.5. The number of carbonyl (C=O) groups is 2. The zero-order chi connectivity index (χ0) is 23.5. The van der Waals surface area contributed by atoms with Gasteiger partial charge in [0.2, 0.25) is 0 Å². The second-order valence-electron chi connectivity index (χ2n) is 6.86. The summed E-state index contributed by atoms with van der Waals surface area (Å²) in [4.78, 5) is 28.9. The second-order valence-corrected chi connectivity index (χ2v) is 7.68. The third-order valence-corrected chi connectivity index (χ3v) is 5.45. The normalized spacial score (nSPS) is 10.8. The maximum absolute atomic E-state index is 12.5. The Morgan fingerprint density at radius 2 is 1.76 bits per heavy atom. The van der Waals surface area contributed by atoms with Crippen molar-refractivity contribution in [3.05, 3.63) is 70.6 Å². The number of amides is 2. The van der Waals surface area contributed by atoms with Gasteiger partial charge in [-0.05, 0) is 42.8 Å². The highest BCUT2D eigenvalue weighted by Crippen LogP contribution is 2.33. The lowest BCUT2D eigenvalue weighted by Gasteiger charge is -2.10. The third kappa shape index (κ3) is 4.69. The number of hydrogen-bond acceptors (Lipinski definition) is 6. The van der Waals surface area contributed by atoms with E-state index >= 15 is 0 Å². The van der Waals surface area contributed by atoms with Gasteiger partial charge >= 0.3 is 12.0 Å². The molecule has 9 nitrogen and oxygen atoms in total. The summed E-state index contributed by atoms with van der Waals surface area (Å²) in [6.07, 6.45) is 2.86. The molecule has 0 bridgehead atoms. The van der Waals surface area contributed by atoms with Crippen molar-refractivity contribution in [3.8, 4) is 11.1 Å². The first-order valence-corrected chi connectivity index (χ1v) is 10.6. The van der Waals surface area contributed by atoms with Gasteiger partial charge in [-0.25, -0.2) is 19.1 Å². The Hall–Kier alpha value is -3.82. The number of nitrogens with two attached hydrogens (primary N) is 1. The maximum Gasteiger partial charge on any atom is 0.340 e. The van der Waals surface area contributed by atoms with Crippen LogP contribution < -0.4 is 16.4 Å². The van der Waals surface area contributed by atoms with Crippen molar-refractivity contribution in [2.75, 3.05) is 23.0 Å². The fourth-order valence-electron chi connectivity index (χ4n) is 3.28. The van der Waals surface area contributed by atoms with E-state index in [0.29, 0.717) is 43.6 Å². The topological polar surface area (TPSA) is 124 Å². The van der Waals surface area contributed by atoms with Gasteiger partial charge in [0.05, 0.1) is 22.2 Å². The van der Waals surface area contributed by atoms with E-state index in [1.54, 1.807) is 55.6 Å². The van der Waals surface area contributed by atoms with Gasteiger partial charge in [0.15, 0.2) is 5.82 Å². The van der Waals surface area contributed by atoms with Crippen LogP contribution >= 0.6 is 23.2 Å². The fourth-order valence-corrected chi connectivity index (χ4v) is 3.58. The van der Waals surface area contributed by atoms with Crippen molar-refractivity contribution < 1.29 is 14.3 Å². The van der Waals surface area contributed by atoms with E-state index in [1.807, 2.05) is 0 Å². The summed E-state index contributed by atoms with van der Waals surface area (Å²) >= 11 is 11.9. The highest BCUT2D eigenvalue weighted by Gasteiger charge is 2.22. The number of halogens is 2. The minimum atomic E-state index is -0.499. The number of hydrogen-bond donors (Lipinski definition) is 3. The van der Waals surface area contributed by atoms with E-state index in [4.69, 9.17) is 33.7 Å². The fraction of sp³-hybridized carbons (Fsp3) is 0.0909. The van der Waals surface area contributed by atoms with Crippen molar-refractivity contribution in [1.29, 1.82) is 0 Å². The highest BCUT2D eigenvalue weighted by molar-refractivity contribution is 6.42. The molecule has 0 aliphatic carbocycles. The van der Waals surface area contributed by atoms with E-state index in [1.165, 1.54) is 10.8 Å². The average molecular weight is 485 g/mol. The number of ether oxygens (including phenoxy) is 1. The molecule has 0 aliphatic rings. The minimum absolute atomic E-state index is 0.221. The number of rotatable bonds is 5. The van der Waals surface area contributed by atoms with Crippen LogP contribution in [0.3, 0.4) is 0 Å². The molecule has 2 heterocycles. The van der Waals surface area contributed by atoms with Crippen LogP contribution in [0.4, 0.5) is 22.0 Å². The Morgan fingerprint density at radius 3 is 2.45 bits per heavy atom. The van der Waals surface area contributed by atoms with E-state index < -0.39 is 12.0 Å². The SMILES string of the molecule is CCOC(=O)c1cn2ncnc(N)c2c1-c1ccc(NC(=O)Nc2ccc(Cl)c(Cl)c2)cc1. The largest absolute Gasteiger partial charge is 0.462 e. The van der Waals surface area contributed by atoms with E-state index in [9.17, 15) is 9.59 Å². The van der Waals surface area contributed by atoms with Crippen molar-refractivity contribution >= 4 is 57.9 Å². The first-order valence-electron chi connectivity index (χ1n) is 9.79. The molecule has 0 radical (unpaired) electrons. The summed E-state index contributed by atoms with van der Waals surface area (Å²) in [5.41, 5.74) is 9.10. The Labute approximate surface area is 198 Å². The lowest BCUT2D eigenvalue weighted by atomic mass is 10.0. The number of esters is 1. The molecular weight excluding hydrogens is 467 g/mol. The van der Waals surface area contributed by atoms with Crippen molar-refractivity contribution in [2.45, 2.75) is 6.92 Å². The standard InChI is InChI=1S/C22H18Cl2N6O3/c1-2-33-21(31)15-10-30-19(20(25)26-11-27-30)18(15)12-3-5-13(6-4-12)28-22(32)29-14-7-8-16(23)17(24)9-14/h3-11H,2H2,1H3,(H2,25,26,27)(H2,28,29,32). The Kier molecular flexibility index (Phi) is 6.34. The summed E-state index contributed by atoms with van der Waals surface area (Å²) in [7, 11) is 0. The molecule has 168 valence electrons. The zero-order valence-electron chi connectivity index (χ0n) is 17.3. The van der Waals surface area contributed by atoms with Gasteiger partial charge in [0.1, 0.15) is 11.8 Å². The van der Waals surface area contributed by atoms with Crippen LogP contribution in [0.25, 0.3) is 16.6 Å². The summed E-state index contributed by atoms with van der Waals surface area (Å²) < 4.78 is 6.67. The Balaban J connectivity index is 1.60. The number of urea groups is 1. The number of aromatic nitrogens is 3. The van der Waals surface area contributed by atoms with Gasteiger partial charge in [0, 0.05) is 23.1 Å².